The van der Waals surface area contributed by atoms with Crippen LogP contribution in [0.2, 0.25) is 0 Å². The topological polar surface area (TPSA) is 131 Å². The molecule has 9 heteroatoms. The molecule has 2 aromatic heterocycles. The van der Waals surface area contributed by atoms with Crippen molar-refractivity contribution in [3.63, 3.8) is 0 Å². The van der Waals surface area contributed by atoms with Gasteiger partial charge in [-0.3, -0.25) is 14.9 Å². The molecule has 2 N–H and O–H groups in total. The summed E-state index contributed by atoms with van der Waals surface area (Å²) in [7, 11) is 0. The van der Waals surface area contributed by atoms with Crippen LogP contribution in [0.15, 0.2) is 36.5 Å². The molecule has 0 aliphatic carbocycles. The third kappa shape index (κ3) is 4.98. The maximum absolute atomic E-state index is 11.7. The highest BCUT2D eigenvalue weighted by atomic mass is 16.6. The van der Waals surface area contributed by atoms with E-state index in [4.69, 9.17) is 0 Å². The Bertz CT molecular complexity index is 1140. The Hall–Kier alpha value is -4.14. The van der Waals surface area contributed by atoms with Crippen molar-refractivity contribution in [2.24, 2.45) is 0 Å². The van der Waals surface area contributed by atoms with Crippen LogP contribution in [0.4, 0.5) is 5.95 Å². The number of amides is 1. The van der Waals surface area contributed by atoms with E-state index in [0.717, 1.165) is 12.5 Å². The van der Waals surface area contributed by atoms with Crippen molar-refractivity contribution in [1.29, 1.82) is 0 Å². The van der Waals surface area contributed by atoms with Crippen molar-refractivity contribution < 1.29 is 24.2 Å². The number of fused-ring (bicyclic) bond motifs is 1. The number of aromatic nitrogens is 3. The zero-order valence-corrected chi connectivity index (χ0v) is 15.5. The fourth-order valence-corrected chi connectivity index (χ4v) is 2.43. The van der Waals surface area contributed by atoms with Crippen LogP contribution in [0.3, 0.4) is 0 Å². The summed E-state index contributed by atoms with van der Waals surface area (Å²) in [5.41, 5.74) is 1.99. The molecule has 1 amide bonds. The highest BCUT2D eigenvalue weighted by Gasteiger charge is 2.10. The smallest absolute Gasteiger partial charge is 0.345 e. The largest absolute Gasteiger partial charge is 0.493 e. The van der Waals surface area contributed by atoms with Crippen LogP contribution in [-0.4, -0.2) is 37.9 Å². The number of carbonyl (C=O) groups is 3. The van der Waals surface area contributed by atoms with Gasteiger partial charge in [-0.1, -0.05) is 24.3 Å². The summed E-state index contributed by atoms with van der Waals surface area (Å²) in [4.78, 5) is 45.7. The zero-order valence-electron chi connectivity index (χ0n) is 15.5. The highest BCUT2D eigenvalue weighted by Crippen LogP contribution is 2.23. The van der Waals surface area contributed by atoms with Crippen LogP contribution in [0, 0.1) is 0 Å². The lowest BCUT2D eigenvalue weighted by Gasteiger charge is -2.04. The first-order valence-corrected chi connectivity index (χ1v) is 8.47. The molecule has 0 fully saturated rings. The van der Waals surface area contributed by atoms with Gasteiger partial charge in [-0.2, -0.15) is 9.97 Å². The number of ether oxygens (including phenoxy) is 1. The molecule has 0 aliphatic heterocycles. The number of rotatable bonds is 4. The van der Waals surface area contributed by atoms with E-state index in [-0.39, 0.29) is 28.9 Å². The summed E-state index contributed by atoms with van der Waals surface area (Å²) in [5.74, 6) is -2.06. The number of aromatic hydroxyl groups is 1. The van der Waals surface area contributed by atoms with E-state index in [1.54, 1.807) is 48.7 Å². The second-order valence-corrected chi connectivity index (χ2v) is 6.03. The SMILES string of the molecule is CC(=O)Nc1nc(O)c2cc(C=Cc3ccc(C(=O)OC(C)=O)cc3)cnc2n1. The predicted octanol–water partition coefficient (Wildman–Crippen LogP) is 2.56. The number of nitrogens with one attached hydrogen (secondary N) is 1. The number of nitrogens with zero attached hydrogens (tertiary/aromatic N) is 3. The Balaban J connectivity index is 1.80. The lowest BCUT2D eigenvalue weighted by Crippen LogP contribution is -2.09. The fraction of sp³-hybridized carbons (Fsp3) is 0.100. The number of esters is 2. The molecular formula is C20H16N4O5. The first-order valence-electron chi connectivity index (χ1n) is 8.47. The van der Waals surface area contributed by atoms with E-state index in [9.17, 15) is 19.5 Å². The molecule has 0 saturated heterocycles. The summed E-state index contributed by atoms with van der Waals surface area (Å²) < 4.78 is 4.52. The van der Waals surface area contributed by atoms with Gasteiger partial charge in [-0.05, 0) is 29.3 Å². The molecule has 0 bridgehead atoms. The Morgan fingerprint density at radius 2 is 1.72 bits per heavy atom. The molecule has 9 nitrogen and oxygen atoms in total. The van der Waals surface area contributed by atoms with E-state index in [1.165, 1.54) is 6.92 Å². The number of hydrogen-bond acceptors (Lipinski definition) is 8. The van der Waals surface area contributed by atoms with Crippen LogP contribution in [0.5, 0.6) is 5.88 Å². The molecule has 2 heterocycles. The molecule has 1 aromatic carbocycles. The van der Waals surface area contributed by atoms with Crippen LogP contribution in [0.1, 0.15) is 35.3 Å². The highest BCUT2D eigenvalue weighted by molar-refractivity contribution is 5.96. The third-order valence-corrected chi connectivity index (χ3v) is 3.69. The van der Waals surface area contributed by atoms with Gasteiger partial charge < -0.3 is 9.84 Å². The lowest BCUT2D eigenvalue weighted by atomic mass is 10.1. The van der Waals surface area contributed by atoms with Crippen molar-refractivity contribution in [2.45, 2.75) is 13.8 Å². The molecule has 0 aliphatic rings. The van der Waals surface area contributed by atoms with Crippen LogP contribution >= 0.6 is 0 Å². The minimum Gasteiger partial charge on any atom is -0.493 e. The quantitative estimate of drug-likeness (QED) is 0.511. The first kappa shape index (κ1) is 19.6. The normalized spacial score (nSPS) is 10.8. The third-order valence-electron chi connectivity index (χ3n) is 3.69. The Morgan fingerprint density at radius 1 is 1.03 bits per heavy atom. The lowest BCUT2D eigenvalue weighted by molar-refractivity contribution is -0.135. The first-order chi connectivity index (χ1) is 13.8. The Morgan fingerprint density at radius 3 is 2.38 bits per heavy atom. The number of carbonyl (C=O) groups excluding carboxylic acids is 3. The molecule has 0 atom stereocenters. The minimum atomic E-state index is -0.708. The van der Waals surface area contributed by atoms with Gasteiger partial charge in [-0.25, -0.2) is 9.78 Å². The number of pyridine rings is 1. The second kappa shape index (κ2) is 8.26. The monoisotopic (exact) mass is 392 g/mol. The average Bonchev–Trinajstić information content (AvgIpc) is 2.66. The van der Waals surface area contributed by atoms with Crippen LogP contribution in [0.25, 0.3) is 23.2 Å². The molecule has 146 valence electrons. The summed E-state index contributed by atoms with van der Waals surface area (Å²) >= 11 is 0. The van der Waals surface area contributed by atoms with Crippen LogP contribution < -0.4 is 5.32 Å². The van der Waals surface area contributed by atoms with Crippen molar-refractivity contribution >= 4 is 47.0 Å². The van der Waals surface area contributed by atoms with E-state index in [0.29, 0.717) is 10.9 Å². The predicted molar refractivity (Wildman–Crippen MR) is 105 cm³/mol. The van der Waals surface area contributed by atoms with Gasteiger partial charge in [0.25, 0.3) is 0 Å². The van der Waals surface area contributed by atoms with Gasteiger partial charge in [0.1, 0.15) is 0 Å². The molecule has 0 radical (unpaired) electrons. The molecular weight excluding hydrogens is 376 g/mol. The van der Waals surface area contributed by atoms with E-state index in [1.807, 2.05) is 0 Å². The number of hydrogen-bond donors (Lipinski definition) is 2. The molecule has 0 unspecified atom stereocenters. The molecule has 0 saturated carbocycles. The molecule has 29 heavy (non-hydrogen) atoms. The Kier molecular flexibility index (Phi) is 5.59. The summed E-state index contributed by atoms with van der Waals surface area (Å²) in [6.45, 7) is 2.47. The molecule has 0 spiro atoms. The van der Waals surface area contributed by atoms with Gasteiger partial charge in [0, 0.05) is 20.0 Å². The standard InChI is InChI=1S/C20H16N4O5/c1-11(25)22-20-23-17-16(18(27)24-20)9-14(10-21-17)4-3-13-5-7-15(8-6-13)19(28)29-12(2)26/h3-10H,1-2H3,(H2,21,22,23,24,25,27). The average molecular weight is 392 g/mol. The second-order valence-electron chi connectivity index (χ2n) is 6.03. The number of benzene rings is 1. The van der Waals surface area contributed by atoms with Gasteiger partial charge in [-0.15, -0.1) is 0 Å². The maximum Gasteiger partial charge on any atom is 0.345 e. The Labute approximate surface area is 165 Å². The maximum atomic E-state index is 11.7. The van der Waals surface area contributed by atoms with Gasteiger partial charge in [0.05, 0.1) is 10.9 Å². The van der Waals surface area contributed by atoms with Gasteiger partial charge >= 0.3 is 11.9 Å². The van der Waals surface area contributed by atoms with Crippen LogP contribution in [-0.2, 0) is 14.3 Å². The van der Waals surface area contributed by atoms with Crippen molar-refractivity contribution in [2.75, 3.05) is 5.32 Å². The minimum absolute atomic E-state index is 0.0262. The van der Waals surface area contributed by atoms with E-state index >= 15 is 0 Å². The van der Waals surface area contributed by atoms with Gasteiger partial charge in [0.2, 0.25) is 17.7 Å². The van der Waals surface area contributed by atoms with Crippen molar-refractivity contribution in [1.82, 2.24) is 15.0 Å². The summed E-state index contributed by atoms with van der Waals surface area (Å²) in [6.07, 6.45) is 5.10. The zero-order chi connectivity index (χ0) is 21.0. The number of anilines is 1. The van der Waals surface area contributed by atoms with Gasteiger partial charge in [0.15, 0.2) is 5.65 Å². The summed E-state index contributed by atoms with van der Waals surface area (Å²) in [5, 5.41) is 12.8. The summed E-state index contributed by atoms with van der Waals surface area (Å²) in [6, 6.07) is 8.15. The fourth-order valence-electron chi connectivity index (χ4n) is 2.43. The van der Waals surface area contributed by atoms with E-state index in [2.05, 4.69) is 25.0 Å². The van der Waals surface area contributed by atoms with Crippen molar-refractivity contribution in [3.8, 4) is 5.88 Å². The molecule has 3 aromatic rings. The van der Waals surface area contributed by atoms with E-state index < -0.39 is 11.9 Å². The van der Waals surface area contributed by atoms with Crippen molar-refractivity contribution in [3.05, 3.63) is 53.2 Å². The molecule has 3 rings (SSSR count).